The monoisotopic (exact) mass is 375 g/mol. The third kappa shape index (κ3) is 13.3. The lowest BCUT2D eigenvalue weighted by Crippen LogP contribution is -2.14. The Balaban J connectivity index is 1.96. The van der Waals surface area contributed by atoms with E-state index in [9.17, 15) is 4.79 Å². The van der Waals surface area contributed by atoms with Gasteiger partial charge in [-0.25, -0.2) is 0 Å². The molecule has 0 aliphatic carbocycles. The summed E-state index contributed by atoms with van der Waals surface area (Å²) in [5.41, 5.74) is 1.93. The molecule has 1 rings (SSSR count). The number of carboxylic acid groups (broad SMARTS) is 1. The summed E-state index contributed by atoms with van der Waals surface area (Å²) in [6.07, 6.45) is 17.9. The van der Waals surface area contributed by atoms with Gasteiger partial charge in [-0.05, 0) is 31.0 Å². The third-order valence-corrected chi connectivity index (χ3v) is 5.21. The minimum Gasteiger partial charge on any atom is -0.481 e. The highest BCUT2D eigenvalue weighted by atomic mass is 16.4. The van der Waals surface area contributed by atoms with E-state index in [1.807, 2.05) is 24.3 Å². The summed E-state index contributed by atoms with van der Waals surface area (Å²) >= 11 is 0. The molecule has 154 valence electrons. The van der Waals surface area contributed by atoms with E-state index in [0.717, 1.165) is 11.3 Å². The van der Waals surface area contributed by atoms with E-state index in [1.54, 1.807) is 0 Å². The smallest absolute Gasteiger partial charge is 0.307 e. The molecule has 27 heavy (non-hydrogen) atoms. The Morgan fingerprint density at radius 2 is 1.33 bits per heavy atom. The SMILES string of the molecule is CCCCCCCCCCCCCCC(C)Nc1ccc(CC(=O)O)cc1. The normalized spacial score (nSPS) is 12.1. The highest BCUT2D eigenvalue weighted by Gasteiger charge is 2.04. The summed E-state index contributed by atoms with van der Waals surface area (Å²) in [7, 11) is 0. The van der Waals surface area contributed by atoms with Gasteiger partial charge in [-0.15, -0.1) is 0 Å². The van der Waals surface area contributed by atoms with Crippen molar-refractivity contribution in [3.05, 3.63) is 29.8 Å². The maximum absolute atomic E-state index is 10.7. The number of hydrogen-bond donors (Lipinski definition) is 2. The maximum Gasteiger partial charge on any atom is 0.307 e. The molecule has 0 amide bonds. The van der Waals surface area contributed by atoms with Crippen molar-refractivity contribution in [3.8, 4) is 0 Å². The van der Waals surface area contributed by atoms with Gasteiger partial charge in [-0.3, -0.25) is 4.79 Å². The zero-order valence-electron chi connectivity index (χ0n) is 17.6. The summed E-state index contributed by atoms with van der Waals surface area (Å²) in [4.78, 5) is 10.7. The number of nitrogens with one attached hydrogen (secondary N) is 1. The van der Waals surface area contributed by atoms with Crippen molar-refractivity contribution in [2.75, 3.05) is 5.32 Å². The molecule has 0 aliphatic heterocycles. The van der Waals surface area contributed by atoms with Gasteiger partial charge in [-0.1, -0.05) is 96.1 Å². The van der Waals surface area contributed by atoms with E-state index in [-0.39, 0.29) is 6.42 Å². The maximum atomic E-state index is 10.7. The van der Waals surface area contributed by atoms with E-state index in [4.69, 9.17) is 5.11 Å². The number of carbonyl (C=O) groups is 1. The number of anilines is 1. The van der Waals surface area contributed by atoms with Gasteiger partial charge < -0.3 is 10.4 Å². The topological polar surface area (TPSA) is 49.3 Å². The number of carboxylic acids is 1. The molecule has 0 bridgehead atoms. The molecule has 2 N–H and O–H groups in total. The lowest BCUT2D eigenvalue weighted by atomic mass is 10.0. The molecule has 0 heterocycles. The quantitative estimate of drug-likeness (QED) is 0.283. The van der Waals surface area contributed by atoms with Crippen LogP contribution in [0.3, 0.4) is 0 Å². The third-order valence-electron chi connectivity index (χ3n) is 5.21. The Morgan fingerprint density at radius 3 is 1.81 bits per heavy atom. The lowest BCUT2D eigenvalue weighted by Gasteiger charge is -2.15. The fraction of sp³-hybridized carbons (Fsp3) is 0.708. The first-order valence-electron chi connectivity index (χ1n) is 11.2. The first-order chi connectivity index (χ1) is 13.1. The van der Waals surface area contributed by atoms with E-state index < -0.39 is 5.97 Å². The second-order valence-electron chi connectivity index (χ2n) is 7.99. The van der Waals surface area contributed by atoms with Gasteiger partial charge in [0.05, 0.1) is 6.42 Å². The number of rotatable bonds is 17. The molecule has 1 unspecified atom stereocenters. The second kappa shape index (κ2) is 15.5. The fourth-order valence-corrected chi connectivity index (χ4v) is 3.54. The molecular weight excluding hydrogens is 334 g/mol. The largest absolute Gasteiger partial charge is 0.481 e. The van der Waals surface area contributed by atoms with Crippen LogP contribution in [0.15, 0.2) is 24.3 Å². The molecule has 0 saturated heterocycles. The van der Waals surface area contributed by atoms with Gasteiger partial charge in [0, 0.05) is 11.7 Å². The highest BCUT2D eigenvalue weighted by Crippen LogP contribution is 2.16. The number of benzene rings is 1. The number of hydrogen-bond acceptors (Lipinski definition) is 2. The Bertz CT molecular complexity index is 484. The van der Waals surface area contributed by atoms with Crippen LogP contribution in [0.5, 0.6) is 0 Å². The standard InChI is InChI=1S/C24H41NO2/c1-3-4-5-6-7-8-9-10-11-12-13-14-15-21(2)25-23-18-16-22(17-19-23)20-24(26)27/h16-19,21,25H,3-15,20H2,1-2H3,(H,26,27). The summed E-state index contributed by atoms with van der Waals surface area (Å²) in [6.45, 7) is 4.50. The molecular formula is C24H41NO2. The minimum atomic E-state index is -0.781. The average Bonchev–Trinajstić information content (AvgIpc) is 2.64. The van der Waals surface area contributed by atoms with Crippen molar-refractivity contribution in [3.63, 3.8) is 0 Å². The molecule has 3 nitrogen and oxygen atoms in total. The zero-order valence-corrected chi connectivity index (χ0v) is 17.6. The van der Waals surface area contributed by atoms with Crippen LogP contribution >= 0.6 is 0 Å². The van der Waals surface area contributed by atoms with Crippen molar-refractivity contribution < 1.29 is 9.90 Å². The van der Waals surface area contributed by atoms with Crippen LogP contribution in [-0.2, 0) is 11.2 Å². The Kier molecular flexibility index (Phi) is 13.5. The molecule has 3 heteroatoms. The molecule has 0 saturated carbocycles. The van der Waals surface area contributed by atoms with Crippen molar-refractivity contribution in [2.45, 2.75) is 110 Å². The molecule has 1 atom stereocenters. The van der Waals surface area contributed by atoms with Crippen LogP contribution in [0.2, 0.25) is 0 Å². The van der Waals surface area contributed by atoms with E-state index in [1.165, 1.54) is 83.5 Å². The van der Waals surface area contributed by atoms with Gasteiger partial charge in [0.25, 0.3) is 0 Å². The summed E-state index contributed by atoms with van der Waals surface area (Å²) in [6, 6.07) is 8.21. The predicted octanol–water partition coefficient (Wildman–Crippen LogP) is 7.21. The molecule has 1 aromatic carbocycles. The minimum absolute atomic E-state index is 0.0920. The van der Waals surface area contributed by atoms with Crippen LogP contribution in [0.4, 0.5) is 5.69 Å². The summed E-state index contributed by atoms with van der Waals surface area (Å²) < 4.78 is 0. The molecule has 0 spiro atoms. The van der Waals surface area contributed by atoms with Gasteiger partial charge >= 0.3 is 5.97 Å². The van der Waals surface area contributed by atoms with Gasteiger partial charge in [0.15, 0.2) is 0 Å². The van der Waals surface area contributed by atoms with E-state index in [0.29, 0.717) is 6.04 Å². The average molecular weight is 376 g/mol. The van der Waals surface area contributed by atoms with Crippen LogP contribution < -0.4 is 5.32 Å². The van der Waals surface area contributed by atoms with Crippen molar-refractivity contribution in [1.29, 1.82) is 0 Å². The Hall–Kier alpha value is -1.51. The van der Waals surface area contributed by atoms with Crippen LogP contribution in [0.1, 0.15) is 103 Å². The van der Waals surface area contributed by atoms with Crippen molar-refractivity contribution >= 4 is 11.7 Å². The molecule has 0 fully saturated rings. The van der Waals surface area contributed by atoms with E-state index >= 15 is 0 Å². The Morgan fingerprint density at radius 1 is 0.852 bits per heavy atom. The second-order valence-corrected chi connectivity index (χ2v) is 7.99. The number of aliphatic carboxylic acids is 1. The van der Waals surface area contributed by atoms with Crippen LogP contribution in [0, 0.1) is 0 Å². The van der Waals surface area contributed by atoms with Crippen molar-refractivity contribution in [1.82, 2.24) is 0 Å². The molecule has 1 aromatic rings. The molecule has 0 aromatic heterocycles. The fourth-order valence-electron chi connectivity index (χ4n) is 3.54. The summed E-state index contributed by atoms with van der Waals surface area (Å²) in [5, 5.41) is 12.3. The van der Waals surface area contributed by atoms with Crippen molar-refractivity contribution in [2.24, 2.45) is 0 Å². The van der Waals surface area contributed by atoms with Gasteiger partial charge in [0.1, 0.15) is 0 Å². The molecule has 0 aliphatic rings. The first-order valence-corrected chi connectivity index (χ1v) is 11.2. The molecule has 0 radical (unpaired) electrons. The van der Waals surface area contributed by atoms with Gasteiger partial charge in [0.2, 0.25) is 0 Å². The Labute approximate surface area is 167 Å². The zero-order chi connectivity index (χ0) is 19.7. The number of unbranched alkanes of at least 4 members (excludes halogenated alkanes) is 11. The first kappa shape index (κ1) is 23.5. The van der Waals surface area contributed by atoms with Crippen LogP contribution in [-0.4, -0.2) is 17.1 Å². The van der Waals surface area contributed by atoms with Gasteiger partial charge in [-0.2, -0.15) is 0 Å². The lowest BCUT2D eigenvalue weighted by molar-refractivity contribution is -0.136. The predicted molar refractivity (Wildman–Crippen MR) is 117 cm³/mol. The van der Waals surface area contributed by atoms with Crippen LogP contribution in [0.25, 0.3) is 0 Å². The van der Waals surface area contributed by atoms with E-state index in [2.05, 4.69) is 19.2 Å². The highest BCUT2D eigenvalue weighted by molar-refractivity contribution is 5.70. The summed E-state index contributed by atoms with van der Waals surface area (Å²) in [5.74, 6) is -0.781.